The molecule has 0 unspecified atom stereocenters. The van der Waals surface area contributed by atoms with Crippen LogP contribution in [0.3, 0.4) is 0 Å². The van der Waals surface area contributed by atoms with Crippen LogP contribution in [-0.4, -0.2) is 30.9 Å². The van der Waals surface area contributed by atoms with Crippen molar-refractivity contribution in [3.8, 4) is 0 Å². The lowest BCUT2D eigenvalue weighted by Gasteiger charge is -2.13. The quantitative estimate of drug-likeness (QED) is 0.793. The lowest BCUT2D eigenvalue weighted by molar-refractivity contribution is -0.131. The van der Waals surface area contributed by atoms with Gasteiger partial charge in [0.15, 0.2) is 5.76 Å². The van der Waals surface area contributed by atoms with Crippen LogP contribution < -0.4 is 5.32 Å². The van der Waals surface area contributed by atoms with E-state index >= 15 is 0 Å². The van der Waals surface area contributed by atoms with E-state index in [9.17, 15) is 9.59 Å². The molecule has 0 saturated carbocycles. The van der Waals surface area contributed by atoms with Gasteiger partial charge in [-0.2, -0.15) is 0 Å². The highest BCUT2D eigenvalue weighted by Gasteiger charge is 2.30. The molecule has 1 aromatic heterocycles. The summed E-state index contributed by atoms with van der Waals surface area (Å²) in [6, 6.07) is 3.21. The fourth-order valence-electron chi connectivity index (χ4n) is 1.82. The summed E-state index contributed by atoms with van der Waals surface area (Å²) in [6.45, 7) is 2.51. The highest BCUT2D eigenvalue weighted by Crippen LogP contribution is 2.19. The molecule has 0 radical (unpaired) electrons. The molecular formula is C12H15NO4. The number of ether oxygens (including phenoxy) is 1. The summed E-state index contributed by atoms with van der Waals surface area (Å²) >= 11 is 0. The van der Waals surface area contributed by atoms with E-state index in [-0.39, 0.29) is 29.9 Å². The van der Waals surface area contributed by atoms with Crippen LogP contribution in [0.2, 0.25) is 0 Å². The predicted octanol–water partition coefficient (Wildman–Crippen LogP) is 1.00. The molecule has 2 heterocycles. The van der Waals surface area contributed by atoms with Gasteiger partial charge in [-0.05, 0) is 24.5 Å². The zero-order chi connectivity index (χ0) is 12.3. The molecule has 1 N–H and O–H groups in total. The third-order valence-corrected chi connectivity index (χ3v) is 2.87. The maximum absolute atomic E-state index is 11.7. The van der Waals surface area contributed by atoms with Gasteiger partial charge >= 0.3 is 0 Å². The summed E-state index contributed by atoms with van der Waals surface area (Å²) in [7, 11) is 0. The highest BCUT2D eigenvalue weighted by atomic mass is 16.5. The van der Waals surface area contributed by atoms with Crippen LogP contribution in [0, 0.1) is 5.92 Å². The molecule has 2 atom stereocenters. The van der Waals surface area contributed by atoms with Crippen molar-refractivity contribution in [2.24, 2.45) is 5.92 Å². The van der Waals surface area contributed by atoms with Gasteiger partial charge in [0.1, 0.15) is 6.10 Å². The summed E-state index contributed by atoms with van der Waals surface area (Å²) in [5.41, 5.74) is 0. The Morgan fingerprint density at radius 2 is 2.35 bits per heavy atom. The standard InChI is InChI=1S/C12H15NO4/c1-8-4-6-17-11(8)12(15)13-7-9(14)10-3-2-5-16-10/h2-3,5,8,11H,4,6-7H2,1H3,(H,13,15)/t8-,11-/m1/s1. The fourth-order valence-corrected chi connectivity index (χ4v) is 1.82. The molecule has 1 aliphatic heterocycles. The van der Waals surface area contributed by atoms with Crippen molar-refractivity contribution in [1.82, 2.24) is 5.32 Å². The Bertz CT molecular complexity index is 399. The maximum Gasteiger partial charge on any atom is 0.249 e. The Labute approximate surface area is 99.1 Å². The van der Waals surface area contributed by atoms with Crippen molar-refractivity contribution in [2.75, 3.05) is 13.2 Å². The summed E-state index contributed by atoms with van der Waals surface area (Å²) in [5.74, 6) is -0.0108. The topological polar surface area (TPSA) is 68.5 Å². The first kappa shape index (κ1) is 11.9. The molecule has 0 spiro atoms. The Hall–Kier alpha value is -1.62. The number of furan rings is 1. The molecule has 0 bridgehead atoms. The molecule has 5 heteroatoms. The van der Waals surface area contributed by atoms with Crippen LogP contribution in [0.25, 0.3) is 0 Å². The van der Waals surface area contributed by atoms with Crippen molar-refractivity contribution in [2.45, 2.75) is 19.4 Å². The van der Waals surface area contributed by atoms with E-state index in [1.54, 1.807) is 12.1 Å². The molecule has 1 aliphatic rings. The summed E-state index contributed by atoms with van der Waals surface area (Å²) in [6.07, 6.45) is 1.88. The van der Waals surface area contributed by atoms with Gasteiger partial charge in [0.2, 0.25) is 11.7 Å². The number of carbonyl (C=O) groups excluding carboxylic acids is 2. The van der Waals surface area contributed by atoms with E-state index in [2.05, 4.69) is 5.32 Å². The molecule has 1 saturated heterocycles. The smallest absolute Gasteiger partial charge is 0.249 e. The van der Waals surface area contributed by atoms with Gasteiger partial charge < -0.3 is 14.5 Å². The second-order valence-electron chi connectivity index (χ2n) is 4.18. The van der Waals surface area contributed by atoms with Crippen LogP contribution in [0.15, 0.2) is 22.8 Å². The van der Waals surface area contributed by atoms with Crippen molar-refractivity contribution >= 4 is 11.7 Å². The third-order valence-electron chi connectivity index (χ3n) is 2.87. The molecule has 0 aromatic carbocycles. The van der Waals surface area contributed by atoms with Crippen LogP contribution in [0.1, 0.15) is 23.9 Å². The van der Waals surface area contributed by atoms with Gasteiger partial charge in [-0.1, -0.05) is 6.92 Å². The largest absolute Gasteiger partial charge is 0.461 e. The minimum atomic E-state index is -0.431. The van der Waals surface area contributed by atoms with Crippen molar-refractivity contribution < 1.29 is 18.7 Å². The number of carbonyl (C=O) groups is 2. The molecule has 1 fully saturated rings. The summed E-state index contributed by atoms with van der Waals surface area (Å²) in [5, 5.41) is 2.57. The highest BCUT2D eigenvalue weighted by molar-refractivity contribution is 5.97. The van der Waals surface area contributed by atoms with Crippen molar-refractivity contribution in [1.29, 1.82) is 0 Å². The molecule has 0 aliphatic carbocycles. The van der Waals surface area contributed by atoms with Crippen LogP contribution in [0.5, 0.6) is 0 Å². The number of nitrogens with one attached hydrogen (secondary N) is 1. The van der Waals surface area contributed by atoms with E-state index in [4.69, 9.17) is 9.15 Å². The second kappa shape index (κ2) is 5.14. The minimum absolute atomic E-state index is 0.0566. The normalized spacial score (nSPS) is 23.6. The zero-order valence-electron chi connectivity index (χ0n) is 9.64. The van der Waals surface area contributed by atoms with Gasteiger partial charge in [-0.25, -0.2) is 0 Å². The van der Waals surface area contributed by atoms with E-state index in [0.29, 0.717) is 6.61 Å². The van der Waals surface area contributed by atoms with Crippen molar-refractivity contribution in [3.63, 3.8) is 0 Å². The van der Waals surface area contributed by atoms with E-state index < -0.39 is 6.10 Å². The van der Waals surface area contributed by atoms with Crippen LogP contribution in [0.4, 0.5) is 0 Å². The SMILES string of the molecule is C[C@@H]1CCO[C@H]1C(=O)NCC(=O)c1ccco1. The molecule has 1 aromatic rings. The lowest BCUT2D eigenvalue weighted by atomic mass is 10.0. The Morgan fingerprint density at radius 3 is 2.94 bits per heavy atom. The molecule has 17 heavy (non-hydrogen) atoms. The number of ketones is 1. The number of amides is 1. The predicted molar refractivity (Wildman–Crippen MR) is 59.6 cm³/mol. The monoisotopic (exact) mass is 237 g/mol. The van der Waals surface area contributed by atoms with Crippen molar-refractivity contribution in [3.05, 3.63) is 24.2 Å². The van der Waals surface area contributed by atoms with Gasteiger partial charge in [0, 0.05) is 6.61 Å². The Morgan fingerprint density at radius 1 is 1.53 bits per heavy atom. The Kier molecular flexibility index (Phi) is 3.58. The van der Waals surface area contributed by atoms with Gasteiger partial charge in [0.05, 0.1) is 12.8 Å². The first-order valence-electron chi connectivity index (χ1n) is 5.64. The number of Topliss-reactive ketones (excluding diaryl/α,β-unsaturated/α-hetero) is 1. The van der Waals surface area contributed by atoms with Crippen LogP contribution in [-0.2, 0) is 9.53 Å². The number of rotatable bonds is 4. The van der Waals surface area contributed by atoms with Gasteiger partial charge in [0.25, 0.3) is 0 Å². The number of hydrogen-bond acceptors (Lipinski definition) is 4. The minimum Gasteiger partial charge on any atom is -0.461 e. The molecule has 1 amide bonds. The number of hydrogen-bond donors (Lipinski definition) is 1. The van der Waals surface area contributed by atoms with Gasteiger partial charge in [-0.15, -0.1) is 0 Å². The van der Waals surface area contributed by atoms with E-state index in [1.807, 2.05) is 6.92 Å². The molecular weight excluding hydrogens is 222 g/mol. The summed E-state index contributed by atoms with van der Waals surface area (Å²) in [4.78, 5) is 23.3. The maximum atomic E-state index is 11.7. The van der Waals surface area contributed by atoms with Crippen LogP contribution >= 0.6 is 0 Å². The van der Waals surface area contributed by atoms with E-state index in [0.717, 1.165) is 6.42 Å². The molecule has 5 nitrogen and oxygen atoms in total. The van der Waals surface area contributed by atoms with E-state index in [1.165, 1.54) is 6.26 Å². The molecule has 2 rings (SSSR count). The third kappa shape index (κ3) is 2.74. The average molecular weight is 237 g/mol. The lowest BCUT2D eigenvalue weighted by Crippen LogP contribution is -2.39. The van der Waals surface area contributed by atoms with Gasteiger partial charge in [-0.3, -0.25) is 9.59 Å². The first-order valence-corrected chi connectivity index (χ1v) is 5.64. The second-order valence-corrected chi connectivity index (χ2v) is 4.18. The molecule has 92 valence electrons. The Balaban J connectivity index is 1.82. The fraction of sp³-hybridized carbons (Fsp3) is 0.500. The zero-order valence-corrected chi connectivity index (χ0v) is 9.64. The first-order chi connectivity index (χ1) is 8.18. The summed E-state index contributed by atoms with van der Waals surface area (Å²) < 4.78 is 10.2. The average Bonchev–Trinajstić information content (AvgIpc) is 2.95.